The summed E-state index contributed by atoms with van der Waals surface area (Å²) in [5.74, 6) is 0.908. The minimum absolute atomic E-state index is 0.378. The highest BCUT2D eigenvalue weighted by Gasteiger charge is 2.30. The Balaban J connectivity index is 1.89. The van der Waals surface area contributed by atoms with Crippen molar-refractivity contribution < 1.29 is 13.2 Å². The standard InChI is InChI=1S/C17H17F3N6/c1-25-14(21)12-13(10-4-6-11(7-5-10)17(18,19)20)22-16(23-15(12)24-25)26-8-2-3-9-26/h4-7H,2-3,8-9,21H2,1H3. The van der Waals surface area contributed by atoms with Crippen LogP contribution < -0.4 is 10.6 Å². The average Bonchev–Trinajstić information content (AvgIpc) is 3.23. The van der Waals surface area contributed by atoms with Crippen LogP contribution in [0.1, 0.15) is 18.4 Å². The molecule has 1 saturated heterocycles. The van der Waals surface area contributed by atoms with Crippen molar-refractivity contribution in [3.05, 3.63) is 29.8 Å². The molecule has 136 valence electrons. The Labute approximate surface area is 147 Å². The molecule has 0 aliphatic carbocycles. The van der Waals surface area contributed by atoms with Crippen molar-refractivity contribution in [1.82, 2.24) is 19.7 Å². The fourth-order valence-electron chi connectivity index (χ4n) is 3.19. The Kier molecular flexibility index (Phi) is 3.74. The van der Waals surface area contributed by atoms with Crippen LogP contribution in [-0.2, 0) is 13.2 Å². The Morgan fingerprint density at radius 1 is 1.04 bits per heavy atom. The Morgan fingerprint density at radius 2 is 1.69 bits per heavy atom. The van der Waals surface area contributed by atoms with E-state index >= 15 is 0 Å². The molecular formula is C17H17F3N6. The minimum Gasteiger partial charge on any atom is -0.383 e. The number of nitrogens with zero attached hydrogens (tertiary/aromatic N) is 5. The number of aryl methyl sites for hydroxylation is 1. The summed E-state index contributed by atoms with van der Waals surface area (Å²) in [6.07, 6.45) is -2.27. The first kappa shape index (κ1) is 16.6. The van der Waals surface area contributed by atoms with E-state index in [4.69, 9.17) is 5.73 Å². The molecular weight excluding hydrogens is 345 g/mol. The molecule has 1 fully saturated rings. The molecule has 4 rings (SSSR count). The summed E-state index contributed by atoms with van der Waals surface area (Å²) in [5, 5.41) is 4.87. The number of hydrogen-bond acceptors (Lipinski definition) is 5. The van der Waals surface area contributed by atoms with E-state index in [2.05, 4.69) is 20.0 Å². The maximum absolute atomic E-state index is 12.8. The average molecular weight is 362 g/mol. The molecule has 0 unspecified atom stereocenters. The molecule has 0 spiro atoms. The summed E-state index contributed by atoms with van der Waals surface area (Å²) in [7, 11) is 1.70. The molecule has 1 aliphatic rings. The van der Waals surface area contributed by atoms with E-state index in [1.807, 2.05) is 0 Å². The van der Waals surface area contributed by atoms with Gasteiger partial charge in [0.25, 0.3) is 0 Å². The van der Waals surface area contributed by atoms with E-state index in [0.29, 0.717) is 34.1 Å². The lowest BCUT2D eigenvalue weighted by molar-refractivity contribution is -0.137. The van der Waals surface area contributed by atoms with Crippen molar-refractivity contribution in [2.75, 3.05) is 23.7 Å². The van der Waals surface area contributed by atoms with Crippen LogP contribution >= 0.6 is 0 Å². The number of halogens is 3. The molecule has 2 N–H and O–H groups in total. The highest BCUT2D eigenvalue weighted by Crippen LogP contribution is 2.35. The molecule has 6 nitrogen and oxygen atoms in total. The second-order valence-electron chi connectivity index (χ2n) is 6.35. The molecule has 26 heavy (non-hydrogen) atoms. The third kappa shape index (κ3) is 2.73. The zero-order valence-electron chi connectivity index (χ0n) is 14.1. The van der Waals surface area contributed by atoms with Gasteiger partial charge in [-0.05, 0) is 25.0 Å². The van der Waals surface area contributed by atoms with Crippen LogP contribution in [0.4, 0.5) is 24.9 Å². The van der Waals surface area contributed by atoms with E-state index in [1.165, 1.54) is 16.8 Å². The van der Waals surface area contributed by atoms with Crippen LogP contribution in [0, 0.1) is 0 Å². The maximum Gasteiger partial charge on any atom is 0.416 e. The zero-order valence-corrected chi connectivity index (χ0v) is 14.1. The smallest absolute Gasteiger partial charge is 0.383 e. The van der Waals surface area contributed by atoms with E-state index in [-0.39, 0.29) is 0 Å². The Morgan fingerprint density at radius 3 is 2.31 bits per heavy atom. The van der Waals surface area contributed by atoms with E-state index in [9.17, 15) is 13.2 Å². The summed E-state index contributed by atoms with van der Waals surface area (Å²) in [6.45, 7) is 1.69. The number of hydrogen-bond donors (Lipinski definition) is 1. The fourth-order valence-corrected chi connectivity index (χ4v) is 3.19. The van der Waals surface area contributed by atoms with Gasteiger partial charge in [0.15, 0.2) is 5.65 Å². The molecule has 0 amide bonds. The van der Waals surface area contributed by atoms with Gasteiger partial charge in [0.1, 0.15) is 5.82 Å². The lowest BCUT2D eigenvalue weighted by atomic mass is 10.1. The number of rotatable bonds is 2. The van der Waals surface area contributed by atoms with Gasteiger partial charge >= 0.3 is 6.18 Å². The van der Waals surface area contributed by atoms with Gasteiger partial charge in [0, 0.05) is 25.7 Å². The van der Waals surface area contributed by atoms with Gasteiger partial charge in [0.2, 0.25) is 5.95 Å². The van der Waals surface area contributed by atoms with E-state index in [1.54, 1.807) is 7.05 Å². The predicted molar refractivity (Wildman–Crippen MR) is 92.6 cm³/mol. The lowest BCUT2D eigenvalue weighted by Crippen LogP contribution is -2.20. The Bertz CT molecular complexity index is 955. The van der Waals surface area contributed by atoms with Crippen LogP contribution in [0.3, 0.4) is 0 Å². The first-order valence-corrected chi connectivity index (χ1v) is 8.27. The van der Waals surface area contributed by atoms with Crippen molar-refractivity contribution in [3.8, 4) is 11.3 Å². The molecule has 0 atom stereocenters. The van der Waals surface area contributed by atoms with Crippen molar-refractivity contribution in [1.29, 1.82) is 0 Å². The van der Waals surface area contributed by atoms with Crippen LogP contribution in [0.2, 0.25) is 0 Å². The minimum atomic E-state index is -4.38. The van der Waals surface area contributed by atoms with Crippen molar-refractivity contribution in [2.45, 2.75) is 19.0 Å². The maximum atomic E-state index is 12.8. The lowest BCUT2D eigenvalue weighted by Gasteiger charge is -2.16. The van der Waals surface area contributed by atoms with Crippen LogP contribution in [0.5, 0.6) is 0 Å². The van der Waals surface area contributed by atoms with Gasteiger partial charge in [-0.3, -0.25) is 4.68 Å². The number of alkyl halides is 3. The summed E-state index contributed by atoms with van der Waals surface area (Å²) in [4.78, 5) is 11.2. The fraction of sp³-hybridized carbons (Fsp3) is 0.353. The quantitative estimate of drug-likeness (QED) is 0.758. The summed E-state index contributed by atoms with van der Waals surface area (Å²) in [5.41, 5.74) is 6.89. The van der Waals surface area contributed by atoms with Gasteiger partial charge in [0.05, 0.1) is 16.6 Å². The molecule has 2 aromatic heterocycles. The third-order valence-corrected chi connectivity index (χ3v) is 4.60. The monoisotopic (exact) mass is 362 g/mol. The third-order valence-electron chi connectivity index (χ3n) is 4.60. The van der Waals surface area contributed by atoms with E-state index < -0.39 is 11.7 Å². The molecule has 1 aromatic carbocycles. The van der Waals surface area contributed by atoms with Crippen molar-refractivity contribution >= 4 is 22.8 Å². The largest absolute Gasteiger partial charge is 0.416 e. The Hall–Kier alpha value is -2.84. The zero-order chi connectivity index (χ0) is 18.5. The summed E-state index contributed by atoms with van der Waals surface area (Å²) < 4.78 is 40.0. The number of fused-ring (bicyclic) bond motifs is 1. The summed E-state index contributed by atoms with van der Waals surface area (Å²) in [6, 6.07) is 4.91. The van der Waals surface area contributed by atoms with Crippen LogP contribution in [-0.4, -0.2) is 32.8 Å². The van der Waals surface area contributed by atoms with Gasteiger partial charge in [-0.2, -0.15) is 23.3 Å². The number of aromatic nitrogens is 4. The van der Waals surface area contributed by atoms with Crippen molar-refractivity contribution in [3.63, 3.8) is 0 Å². The molecule has 0 bridgehead atoms. The highest BCUT2D eigenvalue weighted by atomic mass is 19.4. The predicted octanol–water partition coefficient (Wildman–Crippen LogP) is 3.23. The molecule has 0 saturated carbocycles. The normalized spacial score (nSPS) is 15.2. The second kappa shape index (κ2) is 5.86. The van der Waals surface area contributed by atoms with Gasteiger partial charge in [-0.15, -0.1) is 0 Å². The topological polar surface area (TPSA) is 72.9 Å². The first-order valence-electron chi connectivity index (χ1n) is 8.27. The van der Waals surface area contributed by atoms with Crippen LogP contribution in [0.25, 0.3) is 22.3 Å². The molecule has 0 radical (unpaired) electrons. The first-order chi connectivity index (χ1) is 12.3. The molecule has 3 heterocycles. The molecule has 1 aliphatic heterocycles. The number of nitrogen functional groups attached to an aromatic ring is 1. The number of nitrogens with two attached hydrogens (primary N) is 1. The van der Waals surface area contributed by atoms with Gasteiger partial charge in [-0.25, -0.2) is 4.98 Å². The number of anilines is 2. The van der Waals surface area contributed by atoms with Crippen molar-refractivity contribution in [2.24, 2.45) is 7.05 Å². The molecule has 3 aromatic rings. The second-order valence-corrected chi connectivity index (χ2v) is 6.35. The molecule has 9 heteroatoms. The SMILES string of the molecule is Cn1nc2nc(N3CCCC3)nc(-c3ccc(C(F)(F)F)cc3)c2c1N. The van der Waals surface area contributed by atoms with Gasteiger partial charge < -0.3 is 10.6 Å². The van der Waals surface area contributed by atoms with Gasteiger partial charge in [-0.1, -0.05) is 12.1 Å². The van der Waals surface area contributed by atoms with E-state index in [0.717, 1.165) is 38.1 Å². The summed E-state index contributed by atoms with van der Waals surface area (Å²) >= 11 is 0. The highest BCUT2D eigenvalue weighted by molar-refractivity contribution is 5.98. The van der Waals surface area contributed by atoms with Crippen LogP contribution in [0.15, 0.2) is 24.3 Å². The number of benzene rings is 1.